The van der Waals surface area contributed by atoms with E-state index in [1.54, 1.807) is 7.11 Å². The van der Waals surface area contributed by atoms with E-state index in [9.17, 15) is 9.90 Å². The fraction of sp³-hybridized carbons (Fsp3) is 0.611. The zero-order valence-electron chi connectivity index (χ0n) is 15.6. The molecule has 0 aromatic carbocycles. The number of likely N-dealkylation sites (N-methyl/N-ethyl adjacent to an activating group) is 1. The zero-order chi connectivity index (χ0) is 18.5. The van der Waals surface area contributed by atoms with Crippen LogP contribution >= 0.6 is 11.3 Å². The number of nitrogens with one attached hydrogen (secondary N) is 1. The molecule has 2 N–H and O–H groups in total. The minimum Gasteiger partial charge on any atom is -0.477 e. The number of thiophene rings is 1. The fourth-order valence-electron chi connectivity index (χ4n) is 2.01. The highest BCUT2D eigenvalue weighted by molar-refractivity contribution is 7.15. The van der Waals surface area contributed by atoms with Gasteiger partial charge in [-0.3, -0.25) is 0 Å². The number of aromatic carboxylic acids is 1. The normalized spacial score (nSPS) is 14.0. The number of nitrogens with zero attached hydrogens (tertiary/aromatic N) is 1. The van der Waals surface area contributed by atoms with Crippen LogP contribution in [0.15, 0.2) is 6.07 Å². The summed E-state index contributed by atoms with van der Waals surface area (Å²) in [5, 5.41) is 12.8. The Kier molecular flexibility index (Phi) is 7.27. The molecule has 1 heterocycles. The lowest BCUT2D eigenvalue weighted by molar-refractivity contribution is 0.0702. The summed E-state index contributed by atoms with van der Waals surface area (Å²) in [6.07, 6.45) is 0. The predicted molar refractivity (Wildman–Crippen MR) is 100 cm³/mol. The van der Waals surface area contributed by atoms with Crippen molar-refractivity contribution >= 4 is 23.0 Å². The quantitative estimate of drug-likeness (QED) is 0.738. The third kappa shape index (κ3) is 6.16. The summed E-state index contributed by atoms with van der Waals surface area (Å²) in [7, 11) is 5.62. The summed E-state index contributed by atoms with van der Waals surface area (Å²) in [5.74, 6) is 5.28. The lowest BCUT2D eigenvalue weighted by Gasteiger charge is -2.30. The van der Waals surface area contributed by atoms with Crippen LogP contribution in [0.1, 0.15) is 42.2 Å². The highest BCUT2D eigenvalue weighted by Gasteiger charge is 2.23. The van der Waals surface area contributed by atoms with Gasteiger partial charge in [-0.05, 0) is 47.9 Å². The zero-order valence-corrected chi connectivity index (χ0v) is 16.4. The van der Waals surface area contributed by atoms with Crippen molar-refractivity contribution in [2.75, 3.05) is 33.1 Å². The highest BCUT2D eigenvalue weighted by Crippen LogP contribution is 2.28. The maximum atomic E-state index is 11.6. The van der Waals surface area contributed by atoms with Gasteiger partial charge in [0, 0.05) is 18.6 Å². The van der Waals surface area contributed by atoms with Crippen LogP contribution in [-0.2, 0) is 4.74 Å². The molecule has 0 aliphatic rings. The fourth-order valence-corrected chi connectivity index (χ4v) is 2.82. The van der Waals surface area contributed by atoms with Gasteiger partial charge in [0.15, 0.2) is 0 Å². The van der Waals surface area contributed by atoms with Crippen molar-refractivity contribution in [1.82, 2.24) is 4.90 Å². The van der Waals surface area contributed by atoms with Gasteiger partial charge in [-0.25, -0.2) is 4.79 Å². The van der Waals surface area contributed by atoms with Crippen LogP contribution in [0.2, 0.25) is 0 Å². The molecule has 24 heavy (non-hydrogen) atoms. The molecule has 6 heteroatoms. The molecule has 1 aromatic heterocycles. The van der Waals surface area contributed by atoms with Crippen LogP contribution in [-0.4, -0.2) is 55.9 Å². The molecule has 2 atom stereocenters. The van der Waals surface area contributed by atoms with Crippen LogP contribution in [0.5, 0.6) is 0 Å². The number of hydrogen-bond acceptors (Lipinski definition) is 5. The molecule has 134 valence electrons. The maximum absolute atomic E-state index is 11.6. The third-order valence-electron chi connectivity index (χ3n) is 3.57. The van der Waals surface area contributed by atoms with E-state index < -0.39 is 5.97 Å². The monoisotopic (exact) mass is 352 g/mol. The lowest BCUT2D eigenvalue weighted by atomic mass is 9.98. The topological polar surface area (TPSA) is 61.8 Å². The average Bonchev–Trinajstić information content (AvgIpc) is 2.86. The molecule has 0 saturated carbocycles. The molecular formula is C18H28N2O3S. The number of hydrogen-bond donors (Lipinski definition) is 2. The minimum absolute atomic E-state index is 0.0267. The van der Waals surface area contributed by atoms with Gasteiger partial charge < -0.3 is 20.1 Å². The van der Waals surface area contributed by atoms with Gasteiger partial charge in [-0.15, -0.1) is 11.3 Å². The van der Waals surface area contributed by atoms with Gasteiger partial charge in [0.1, 0.15) is 4.88 Å². The number of carbonyl (C=O) groups is 1. The smallest absolute Gasteiger partial charge is 0.348 e. The van der Waals surface area contributed by atoms with Crippen molar-refractivity contribution in [1.29, 1.82) is 0 Å². The Balaban J connectivity index is 3.13. The summed E-state index contributed by atoms with van der Waals surface area (Å²) in [6, 6.07) is 1.97. The van der Waals surface area contributed by atoms with E-state index >= 15 is 0 Å². The van der Waals surface area contributed by atoms with Crippen LogP contribution in [0.25, 0.3) is 0 Å². The number of carboxylic acids is 1. The minimum atomic E-state index is -0.944. The first-order valence-electron chi connectivity index (χ1n) is 7.87. The number of rotatable bonds is 7. The van der Waals surface area contributed by atoms with Gasteiger partial charge >= 0.3 is 5.97 Å². The Morgan fingerprint density at radius 1 is 1.46 bits per heavy atom. The Morgan fingerprint density at radius 2 is 2.08 bits per heavy atom. The third-order valence-corrected chi connectivity index (χ3v) is 4.61. The molecule has 0 fully saturated rings. The van der Waals surface area contributed by atoms with Crippen molar-refractivity contribution in [3.8, 4) is 11.8 Å². The van der Waals surface area contributed by atoms with Gasteiger partial charge in [0.05, 0.1) is 23.2 Å². The molecule has 0 spiro atoms. The summed E-state index contributed by atoms with van der Waals surface area (Å²) in [6.45, 7) is 8.63. The van der Waals surface area contributed by atoms with Crippen molar-refractivity contribution in [3.05, 3.63) is 15.8 Å². The summed E-state index contributed by atoms with van der Waals surface area (Å²) < 4.78 is 5.29. The van der Waals surface area contributed by atoms with Crippen LogP contribution < -0.4 is 5.32 Å². The van der Waals surface area contributed by atoms with E-state index in [0.717, 1.165) is 4.88 Å². The molecular weight excluding hydrogens is 324 g/mol. The van der Waals surface area contributed by atoms with Crippen molar-refractivity contribution < 1.29 is 14.6 Å². The number of carboxylic acid groups (broad SMARTS) is 1. The Morgan fingerprint density at radius 3 is 2.54 bits per heavy atom. The number of ether oxygens (including phenoxy) is 1. The number of methoxy groups -OCH3 is 1. The first kappa shape index (κ1) is 20.5. The summed E-state index contributed by atoms with van der Waals surface area (Å²) >= 11 is 1.20. The van der Waals surface area contributed by atoms with Gasteiger partial charge in [-0.2, -0.15) is 0 Å². The molecule has 0 bridgehead atoms. The second-order valence-electron chi connectivity index (χ2n) is 7.07. The second kappa shape index (κ2) is 8.52. The van der Waals surface area contributed by atoms with Crippen LogP contribution in [0, 0.1) is 17.3 Å². The molecule has 1 rings (SSSR count). The Hall–Kier alpha value is -1.55. The molecule has 0 aliphatic carbocycles. The van der Waals surface area contributed by atoms with Gasteiger partial charge in [0.25, 0.3) is 0 Å². The van der Waals surface area contributed by atoms with E-state index in [1.165, 1.54) is 11.3 Å². The Bertz CT molecular complexity index is 620. The van der Waals surface area contributed by atoms with Crippen LogP contribution in [0.3, 0.4) is 0 Å². The average molecular weight is 353 g/mol. The highest BCUT2D eigenvalue weighted by atomic mass is 32.1. The molecule has 1 aromatic rings. The SMILES string of the molecule is COCC(Nc1cc(C#CC(C)(C)C)sc1C(=O)O)C(C)N(C)C. The lowest BCUT2D eigenvalue weighted by Crippen LogP contribution is -2.44. The molecule has 0 aliphatic heterocycles. The first-order valence-corrected chi connectivity index (χ1v) is 8.69. The van der Waals surface area contributed by atoms with Crippen molar-refractivity contribution in [2.24, 2.45) is 5.41 Å². The molecule has 2 unspecified atom stereocenters. The first-order chi connectivity index (χ1) is 11.0. The standard InChI is InChI=1S/C18H28N2O3S/c1-12(20(5)6)15(11-23-7)19-14-10-13(8-9-18(2,3)4)24-16(14)17(21)22/h10,12,15,19H,11H2,1-7H3,(H,21,22). The van der Waals surface area contributed by atoms with Gasteiger partial charge in [-0.1, -0.05) is 11.8 Å². The Labute approximate surface area is 149 Å². The van der Waals surface area contributed by atoms with E-state index in [1.807, 2.05) is 40.9 Å². The van der Waals surface area contributed by atoms with Crippen molar-refractivity contribution in [2.45, 2.75) is 39.8 Å². The van der Waals surface area contributed by atoms with Crippen LogP contribution in [0.4, 0.5) is 5.69 Å². The summed E-state index contributed by atoms with van der Waals surface area (Å²) in [4.78, 5) is 14.7. The number of anilines is 1. The molecule has 0 radical (unpaired) electrons. The molecule has 0 saturated heterocycles. The van der Waals surface area contributed by atoms with E-state index in [2.05, 4.69) is 29.0 Å². The molecule has 5 nitrogen and oxygen atoms in total. The van der Waals surface area contributed by atoms with E-state index in [4.69, 9.17) is 4.74 Å². The maximum Gasteiger partial charge on any atom is 0.348 e. The second-order valence-corrected chi connectivity index (χ2v) is 8.12. The van der Waals surface area contributed by atoms with Crippen molar-refractivity contribution in [3.63, 3.8) is 0 Å². The predicted octanol–water partition coefficient (Wildman–Crippen LogP) is 3.22. The largest absolute Gasteiger partial charge is 0.477 e. The summed E-state index contributed by atoms with van der Waals surface area (Å²) in [5.41, 5.74) is 0.473. The van der Waals surface area contributed by atoms with Gasteiger partial charge in [0.2, 0.25) is 0 Å². The van der Waals surface area contributed by atoms with E-state index in [-0.39, 0.29) is 22.4 Å². The van der Waals surface area contributed by atoms with E-state index in [0.29, 0.717) is 12.3 Å². The molecule has 0 amide bonds.